The molecule has 0 heterocycles. The van der Waals surface area contributed by atoms with Crippen LogP contribution in [0.15, 0.2) is 36.4 Å². The van der Waals surface area contributed by atoms with Crippen LogP contribution in [0.1, 0.15) is 12.5 Å². The third-order valence-corrected chi connectivity index (χ3v) is 6.37. The number of hydrogen-bond donors (Lipinski definition) is 0. The zero-order valence-corrected chi connectivity index (χ0v) is 17.0. The van der Waals surface area contributed by atoms with E-state index in [0.29, 0.717) is 18.8 Å². The number of carbonyl (C=O) groups is 1. The zero-order chi connectivity index (χ0) is 18.2. The summed E-state index contributed by atoms with van der Waals surface area (Å²) in [5.74, 6) is 2.02. The second-order valence-electron chi connectivity index (χ2n) is 5.05. The van der Waals surface area contributed by atoms with E-state index in [1.807, 2.05) is 36.4 Å². The molecule has 0 radical (unpaired) electrons. The third-order valence-electron chi connectivity index (χ3n) is 3.43. The van der Waals surface area contributed by atoms with Crippen LogP contribution in [0.4, 0.5) is 0 Å². The monoisotopic (exact) mass is 457 g/mol. The summed E-state index contributed by atoms with van der Waals surface area (Å²) in [6.07, 6.45) is 0.293. The van der Waals surface area contributed by atoms with Crippen LogP contribution in [0.3, 0.4) is 0 Å². The first kappa shape index (κ1) is 19.4. The number of hydrogen-bond acceptors (Lipinski definition) is 5. The fraction of sp³-hybridized carbons (Fsp3) is 0.316. The van der Waals surface area contributed by atoms with E-state index in [1.165, 1.54) is 3.57 Å². The van der Waals surface area contributed by atoms with E-state index in [-0.39, 0.29) is 5.97 Å². The number of carbonyl (C=O) groups excluding carboxylic acids is 1. The molecule has 2 aromatic carbocycles. The molecule has 0 aliphatic heterocycles. The van der Waals surface area contributed by atoms with Crippen molar-refractivity contribution < 1.29 is 44.9 Å². The molecule has 0 amide bonds. The number of rotatable bonds is 8. The number of benzene rings is 2. The van der Waals surface area contributed by atoms with Gasteiger partial charge in [0, 0.05) is 0 Å². The molecule has 2 aromatic rings. The van der Waals surface area contributed by atoms with Crippen LogP contribution in [0.2, 0.25) is 0 Å². The van der Waals surface area contributed by atoms with E-state index in [0.717, 1.165) is 20.6 Å². The average molecular weight is 457 g/mol. The van der Waals surface area contributed by atoms with E-state index in [1.54, 1.807) is 28.3 Å². The molecule has 0 aliphatic rings. The summed E-state index contributed by atoms with van der Waals surface area (Å²) in [4.78, 5) is 11.6. The Labute approximate surface area is 158 Å². The van der Waals surface area contributed by atoms with E-state index in [9.17, 15) is 4.79 Å². The van der Waals surface area contributed by atoms with E-state index in [2.05, 4.69) is 0 Å². The molecule has 0 atom stereocenters. The van der Waals surface area contributed by atoms with Gasteiger partial charge >= 0.3 is 159 Å². The average Bonchev–Trinajstić information content (AvgIpc) is 2.63. The van der Waals surface area contributed by atoms with Gasteiger partial charge in [-0.15, -0.1) is 0 Å². The molecule has 0 saturated carbocycles. The van der Waals surface area contributed by atoms with Gasteiger partial charge in [-0.3, -0.25) is 0 Å². The molecule has 136 valence electrons. The summed E-state index contributed by atoms with van der Waals surface area (Å²) in [7, 11) is 4.90. The molecule has 0 unspecified atom stereocenters. The molecule has 0 fully saturated rings. The van der Waals surface area contributed by atoms with Crippen molar-refractivity contribution in [2.24, 2.45) is 0 Å². The van der Waals surface area contributed by atoms with Gasteiger partial charge in [0.15, 0.2) is 0 Å². The second kappa shape index (κ2) is 9.50. The van der Waals surface area contributed by atoms with Crippen molar-refractivity contribution in [1.29, 1.82) is 0 Å². The van der Waals surface area contributed by atoms with E-state index in [4.69, 9.17) is 18.9 Å². The van der Waals surface area contributed by atoms with Crippen molar-refractivity contribution in [3.63, 3.8) is 0 Å². The van der Waals surface area contributed by atoms with Gasteiger partial charge in [-0.05, 0) is 0 Å². The molecule has 0 aliphatic carbocycles. The molecule has 25 heavy (non-hydrogen) atoms. The predicted octanol–water partition coefficient (Wildman–Crippen LogP) is -0.0536. The molecule has 0 bridgehead atoms. The van der Waals surface area contributed by atoms with Crippen LogP contribution in [0.5, 0.6) is 17.2 Å². The molecular weight excluding hydrogens is 435 g/mol. The van der Waals surface area contributed by atoms with Crippen molar-refractivity contribution in [2.75, 3.05) is 27.9 Å². The van der Waals surface area contributed by atoms with Crippen LogP contribution in [0.25, 0.3) is 0 Å². The molecule has 0 aromatic heterocycles. The van der Waals surface area contributed by atoms with E-state index < -0.39 is 21.2 Å². The Hall–Kier alpha value is -1.96. The van der Waals surface area contributed by atoms with E-state index >= 15 is 0 Å². The van der Waals surface area contributed by atoms with Gasteiger partial charge in [0.1, 0.15) is 0 Å². The van der Waals surface area contributed by atoms with Gasteiger partial charge in [0.25, 0.3) is 0 Å². The van der Waals surface area contributed by atoms with Crippen LogP contribution in [-0.2, 0) is 16.0 Å². The van der Waals surface area contributed by atoms with Crippen molar-refractivity contribution >= 4 is 5.97 Å². The summed E-state index contributed by atoms with van der Waals surface area (Å²) in [5, 5.41) is 0. The first-order chi connectivity index (χ1) is 12.1. The second-order valence-corrected chi connectivity index (χ2v) is 7.91. The maximum atomic E-state index is 11.6. The summed E-state index contributed by atoms with van der Waals surface area (Å²) < 4.78 is 23.5. The molecule has 0 N–H and O–H groups in total. The summed E-state index contributed by atoms with van der Waals surface area (Å²) >= 11 is -0.508. The Balaban J connectivity index is 2.20. The number of ether oxygens (including phenoxy) is 4. The summed E-state index contributed by atoms with van der Waals surface area (Å²) in [6, 6.07) is 11.8. The van der Waals surface area contributed by atoms with Crippen LogP contribution in [-0.4, -0.2) is 33.9 Å². The van der Waals surface area contributed by atoms with Gasteiger partial charge in [-0.25, -0.2) is 0 Å². The molecule has 2 rings (SSSR count). The van der Waals surface area contributed by atoms with Gasteiger partial charge in [0.05, 0.1) is 0 Å². The maximum absolute atomic E-state index is 11.6. The fourth-order valence-corrected chi connectivity index (χ4v) is 4.83. The Morgan fingerprint density at radius 3 is 2.04 bits per heavy atom. The Bertz CT molecular complexity index is 687. The first-order valence-electron chi connectivity index (χ1n) is 7.80. The van der Waals surface area contributed by atoms with Crippen LogP contribution >= 0.6 is 0 Å². The summed E-state index contributed by atoms with van der Waals surface area (Å²) in [6.45, 7) is 2.21. The topological polar surface area (TPSA) is 54.0 Å². The molecule has 6 heteroatoms. The van der Waals surface area contributed by atoms with Crippen molar-refractivity contribution in [2.45, 2.75) is 13.3 Å². The fourth-order valence-electron chi connectivity index (χ4n) is 2.21. The van der Waals surface area contributed by atoms with Crippen molar-refractivity contribution in [1.82, 2.24) is 0 Å². The predicted molar refractivity (Wildman–Crippen MR) is 90.3 cm³/mol. The van der Waals surface area contributed by atoms with Crippen molar-refractivity contribution in [3.05, 3.63) is 49.1 Å². The molecule has 0 spiro atoms. The molecule has 0 saturated heterocycles. The summed E-state index contributed by atoms with van der Waals surface area (Å²) in [5.41, 5.74) is 0.944. The zero-order valence-electron chi connectivity index (χ0n) is 14.8. The van der Waals surface area contributed by atoms with Gasteiger partial charge in [-0.2, -0.15) is 0 Å². The first-order valence-corrected chi connectivity index (χ1v) is 9.96. The number of esters is 1. The quantitative estimate of drug-likeness (QED) is 0.411. The van der Waals surface area contributed by atoms with Gasteiger partial charge in [0.2, 0.25) is 0 Å². The minimum atomic E-state index is -0.508. The number of methoxy groups -OCH3 is 3. The number of halogens is 1. The van der Waals surface area contributed by atoms with Crippen LogP contribution < -0.4 is 35.4 Å². The van der Waals surface area contributed by atoms with Gasteiger partial charge < -0.3 is 0 Å². The van der Waals surface area contributed by atoms with Crippen LogP contribution in [0, 0.1) is 7.14 Å². The third kappa shape index (κ3) is 5.26. The Morgan fingerprint density at radius 2 is 1.56 bits per heavy atom. The normalized spacial score (nSPS) is 10.4. The van der Waals surface area contributed by atoms with Crippen molar-refractivity contribution in [3.8, 4) is 17.2 Å². The standard InChI is InChI=1S/C19H22IO5/c1-5-25-18(21)10-13-6-8-14(9-7-13)20-19-16(23-3)11-15(22-2)12-17(19)24-4/h6-9,11-12H,5,10H2,1-4H3/q-1. The molecular formula is C19H22IO5-. The van der Waals surface area contributed by atoms with Gasteiger partial charge in [-0.1, -0.05) is 0 Å². The SMILES string of the molecule is CCOC(=O)Cc1ccc([I-]c2c(OC)cc(OC)cc2OC)cc1. The Kier molecular flexibility index (Phi) is 7.36. The minimum absolute atomic E-state index is 0.205. The Morgan fingerprint density at radius 1 is 0.960 bits per heavy atom. The molecule has 5 nitrogen and oxygen atoms in total.